The Bertz CT molecular complexity index is 730. The number of hydrogen-bond donors (Lipinski definition) is 2. The molecule has 0 unspecified atom stereocenters. The predicted molar refractivity (Wildman–Crippen MR) is 94.5 cm³/mol. The molecule has 2 N–H and O–H groups in total. The van der Waals surface area contributed by atoms with Gasteiger partial charge in [0.25, 0.3) is 0 Å². The Morgan fingerprint density at radius 1 is 1.28 bits per heavy atom. The molecule has 1 saturated heterocycles. The molecule has 0 atom stereocenters. The molecule has 0 saturated carbocycles. The van der Waals surface area contributed by atoms with E-state index in [1.807, 2.05) is 11.0 Å². The van der Waals surface area contributed by atoms with Gasteiger partial charge in [0.05, 0.1) is 12.8 Å². The fourth-order valence-corrected chi connectivity index (χ4v) is 2.79. The zero-order valence-corrected chi connectivity index (χ0v) is 14.1. The molecule has 3 rings (SSSR count). The van der Waals surface area contributed by atoms with E-state index in [1.165, 1.54) is 6.07 Å². The van der Waals surface area contributed by atoms with E-state index in [9.17, 15) is 9.18 Å². The highest BCUT2D eigenvalue weighted by Gasteiger charge is 2.16. The number of methoxy groups -OCH3 is 1. The van der Waals surface area contributed by atoms with Crippen molar-refractivity contribution in [3.63, 3.8) is 0 Å². The number of anilines is 2. The van der Waals surface area contributed by atoms with Crippen molar-refractivity contribution in [1.82, 2.24) is 10.3 Å². The summed E-state index contributed by atoms with van der Waals surface area (Å²) in [6.45, 7) is 2.07. The van der Waals surface area contributed by atoms with Gasteiger partial charge < -0.3 is 20.3 Å². The molecule has 1 aromatic heterocycles. The first kappa shape index (κ1) is 17.0. The van der Waals surface area contributed by atoms with Gasteiger partial charge in [-0.1, -0.05) is 6.07 Å². The SMILES string of the molecule is COc1ccc(CNC(=O)Nc2ccc(N3CCCC3)c(F)c2)cn1. The number of carbonyl (C=O) groups excluding carboxylic acids is 1. The van der Waals surface area contributed by atoms with Gasteiger partial charge in [0, 0.05) is 37.6 Å². The topological polar surface area (TPSA) is 66.5 Å². The fraction of sp³-hybridized carbons (Fsp3) is 0.333. The number of amides is 2. The van der Waals surface area contributed by atoms with Crippen molar-refractivity contribution in [3.8, 4) is 5.88 Å². The first-order valence-corrected chi connectivity index (χ1v) is 8.24. The number of rotatable bonds is 5. The second-order valence-corrected chi connectivity index (χ2v) is 5.88. The Hall–Kier alpha value is -2.83. The van der Waals surface area contributed by atoms with Gasteiger partial charge in [-0.3, -0.25) is 0 Å². The lowest BCUT2D eigenvalue weighted by atomic mass is 10.2. The number of nitrogens with zero attached hydrogens (tertiary/aromatic N) is 2. The lowest BCUT2D eigenvalue weighted by Gasteiger charge is -2.19. The molecule has 25 heavy (non-hydrogen) atoms. The van der Waals surface area contributed by atoms with Crippen LogP contribution in [0.1, 0.15) is 18.4 Å². The lowest BCUT2D eigenvalue weighted by Crippen LogP contribution is -2.28. The third-order valence-corrected chi connectivity index (χ3v) is 4.11. The molecule has 7 heteroatoms. The molecule has 0 bridgehead atoms. The first-order valence-electron chi connectivity index (χ1n) is 8.24. The molecule has 0 radical (unpaired) electrons. The molecule has 2 amide bonds. The molecule has 1 aromatic carbocycles. The minimum Gasteiger partial charge on any atom is -0.481 e. The molecule has 0 spiro atoms. The molecular weight excluding hydrogens is 323 g/mol. The van der Waals surface area contributed by atoms with E-state index < -0.39 is 6.03 Å². The maximum Gasteiger partial charge on any atom is 0.319 e. The molecule has 1 aliphatic rings. The predicted octanol–water partition coefficient (Wildman–Crippen LogP) is 3.15. The normalized spacial score (nSPS) is 13.6. The van der Waals surface area contributed by atoms with Gasteiger partial charge in [0.15, 0.2) is 0 Å². The number of hydrogen-bond acceptors (Lipinski definition) is 4. The van der Waals surface area contributed by atoms with Crippen LogP contribution in [0.2, 0.25) is 0 Å². The summed E-state index contributed by atoms with van der Waals surface area (Å²) >= 11 is 0. The van der Waals surface area contributed by atoms with E-state index in [2.05, 4.69) is 15.6 Å². The monoisotopic (exact) mass is 344 g/mol. The van der Waals surface area contributed by atoms with Crippen LogP contribution >= 0.6 is 0 Å². The van der Waals surface area contributed by atoms with Crippen LogP contribution in [0, 0.1) is 5.82 Å². The second kappa shape index (κ2) is 7.83. The summed E-state index contributed by atoms with van der Waals surface area (Å²) in [6, 6.07) is 7.92. The molecule has 6 nitrogen and oxygen atoms in total. The Labute approximate surface area is 146 Å². The average molecular weight is 344 g/mol. The highest BCUT2D eigenvalue weighted by atomic mass is 19.1. The molecule has 2 aromatic rings. The van der Waals surface area contributed by atoms with Gasteiger partial charge in [-0.05, 0) is 36.6 Å². The number of carbonyl (C=O) groups is 1. The Morgan fingerprint density at radius 2 is 2.08 bits per heavy atom. The Morgan fingerprint density at radius 3 is 2.72 bits per heavy atom. The van der Waals surface area contributed by atoms with E-state index >= 15 is 0 Å². The largest absolute Gasteiger partial charge is 0.481 e. The Balaban J connectivity index is 1.54. The smallest absolute Gasteiger partial charge is 0.319 e. The van der Waals surface area contributed by atoms with Crippen LogP contribution in [0.5, 0.6) is 5.88 Å². The standard InChI is InChI=1S/C18H21FN4O2/c1-25-17-7-4-13(11-20-17)12-21-18(24)22-14-5-6-16(15(19)10-14)23-8-2-3-9-23/h4-7,10-11H,2-3,8-9,12H2,1H3,(H2,21,22,24). The number of halogens is 1. The molecule has 0 aliphatic carbocycles. The number of benzene rings is 1. The van der Waals surface area contributed by atoms with Crippen LogP contribution in [-0.4, -0.2) is 31.2 Å². The summed E-state index contributed by atoms with van der Waals surface area (Å²) in [5.41, 5.74) is 1.85. The van der Waals surface area contributed by atoms with Crippen molar-refractivity contribution in [1.29, 1.82) is 0 Å². The zero-order valence-electron chi connectivity index (χ0n) is 14.1. The second-order valence-electron chi connectivity index (χ2n) is 5.88. The quantitative estimate of drug-likeness (QED) is 0.874. The van der Waals surface area contributed by atoms with Crippen LogP contribution < -0.4 is 20.3 Å². The third-order valence-electron chi connectivity index (χ3n) is 4.11. The van der Waals surface area contributed by atoms with Gasteiger partial charge in [-0.2, -0.15) is 0 Å². The van der Waals surface area contributed by atoms with E-state index in [1.54, 1.807) is 31.5 Å². The van der Waals surface area contributed by atoms with Crippen LogP contribution in [0.25, 0.3) is 0 Å². The molecule has 132 valence electrons. The third kappa shape index (κ3) is 4.37. The van der Waals surface area contributed by atoms with Gasteiger partial charge >= 0.3 is 6.03 Å². The minimum absolute atomic E-state index is 0.317. The van der Waals surface area contributed by atoms with Crippen molar-refractivity contribution in [2.24, 2.45) is 0 Å². The van der Waals surface area contributed by atoms with Crippen molar-refractivity contribution in [2.75, 3.05) is 30.4 Å². The van der Waals surface area contributed by atoms with Gasteiger partial charge in [0.2, 0.25) is 5.88 Å². The van der Waals surface area contributed by atoms with Crippen molar-refractivity contribution < 1.29 is 13.9 Å². The molecular formula is C18H21FN4O2. The first-order chi connectivity index (χ1) is 12.2. The van der Waals surface area contributed by atoms with E-state index in [0.29, 0.717) is 23.8 Å². The lowest BCUT2D eigenvalue weighted by molar-refractivity contribution is 0.251. The maximum atomic E-state index is 14.2. The number of nitrogens with one attached hydrogen (secondary N) is 2. The number of aromatic nitrogens is 1. The highest BCUT2D eigenvalue weighted by molar-refractivity contribution is 5.89. The summed E-state index contributed by atoms with van der Waals surface area (Å²) in [4.78, 5) is 18.1. The fourth-order valence-electron chi connectivity index (χ4n) is 2.79. The van der Waals surface area contributed by atoms with E-state index in [-0.39, 0.29) is 5.82 Å². The molecule has 1 aliphatic heterocycles. The van der Waals surface area contributed by atoms with E-state index in [0.717, 1.165) is 31.5 Å². The Kier molecular flexibility index (Phi) is 5.33. The van der Waals surface area contributed by atoms with Crippen LogP contribution in [0.4, 0.5) is 20.6 Å². The number of urea groups is 1. The van der Waals surface area contributed by atoms with Gasteiger partial charge in [0.1, 0.15) is 5.82 Å². The number of pyridine rings is 1. The minimum atomic E-state index is -0.399. The summed E-state index contributed by atoms with van der Waals surface area (Å²) in [7, 11) is 1.54. The average Bonchev–Trinajstić information content (AvgIpc) is 3.15. The van der Waals surface area contributed by atoms with Crippen LogP contribution in [0.15, 0.2) is 36.5 Å². The van der Waals surface area contributed by atoms with Gasteiger partial charge in [-0.15, -0.1) is 0 Å². The van der Waals surface area contributed by atoms with Crippen LogP contribution in [0.3, 0.4) is 0 Å². The van der Waals surface area contributed by atoms with Crippen molar-refractivity contribution >= 4 is 17.4 Å². The highest BCUT2D eigenvalue weighted by Crippen LogP contribution is 2.26. The molecule has 1 fully saturated rings. The van der Waals surface area contributed by atoms with Crippen molar-refractivity contribution in [2.45, 2.75) is 19.4 Å². The summed E-state index contributed by atoms with van der Waals surface area (Å²) in [5.74, 6) is 0.195. The van der Waals surface area contributed by atoms with Crippen LogP contribution in [-0.2, 0) is 6.54 Å². The van der Waals surface area contributed by atoms with Gasteiger partial charge in [-0.25, -0.2) is 14.2 Å². The zero-order chi connectivity index (χ0) is 17.6. The summed E-state index contributed by atoms with van der Waals surface area (Å²) < 4.78 is 19.2. The maximum absolute atomic E-state index is 14.2. The van der Waals surface area contributed by atoms with Crippen molar-refractivity contribution in [3.05, 3.63) is 47.9 Å². The number of ether oxygens (including phenoxy) is 1. The summed E-state index contributed by atoms with van der Waals surface area (Å²) in [6.07, 6.45) is 3.80. The molecule has 2 heterocycles. The van der Waals surface area contributed by atoms with E-state index in [4.69, 9.17) is 4.74 Å². The summed E-state index contributed by atoms with van der Waals surface area (Å²) in [5, 5.41) is 5.35.